The van der Waals surface area contributed by atoms with Crippen LogP contribution in [-0.2, 0) is 27.3 Å². The Morgan fingerprint density at radius 3 is 2.05 bits per heavy atom. The number of fused-ring (bicyclic) bond motifs is 3. The van der Waals surface area contributed by atoms with Crippen LogP contribution in [0.15, 0.2) is 102 Å². The highest BCUT2D eigenvalue weighted by atomic mass is 79.9. The maximum absolute atomic E-state index is 12.6. The van der Waals surface area contributed by atoms with Crippen molar-refractivity contribution in [1.82, 2.24) is 5.32 Å². The highest BCUT2D eigenvalue weighted by Crippen LogP contribution is 2.44. The largest absolute Gasteiger partial charge is 0.514 e. The zero-order valence-corrected chi connectivity index (χ0v) is 23.4. The number of benzene rings is 4. The van der Waals surface area contributed by atoms with Gasteiger partial charge in [0.2, 0.25) is 0 Å². The molecule has 2 N–H and O–H groups in total. The minimum Gasteiger partial charge on any atom is -0.480 e. The zero-order chi connectivity index (χ0) is 28.8. The average molecular weight is 616 g/mol. The summed E-state index contributed by atoms with van der Waals surface area (Å²) in [4.78, 5) is 36.6. The molecule has 1 unspecified atom stereocenters. The first kappa shape index (κ1) is 27.9. The third-order valence-corrected chi connectivity index (χ3v) is 7.58. The summed E-state index contributed by atoms with van der Waals surface area (Å²) in [7, 11) is 0. The number of amides is 1. The number of aliphatic carboxylic acids is 1. The first-order chi connectivity index (χ1) is 19.9. The molecule has 0 aromatic heterocycles. The van der Waals surface area contributed by atoms with Gasteiger partial charge in [-0.2, -0.15) is 0 Å². The van der Waals surface area contributed by atoms with Gasteiger partial charge in [0.05, 0.1) is 0 Å². The van der Waals surface area contributed by atoms with Gasteiger partial charge < -0.3 is 24.6 Å². The van der Waals surface area contributed by atoms with Crippen LogP contribution >= 0.6 is 15.9 Å². The van der Waals surface area contributed by atoms with Gasteiger partial charge in [-0.3, -0.25) is 0 Å². The predicted molar refractivity (Wildman–Crippen MR) is 155 cm³/mol. The molecule has 41 heavy (non-hydrogen) atoms. The standard InChI is InChI=1S/C32H26BrNO7/c33-28-12-6-1-7-21(28)18-40-32(38)41-22-15-13-20(14-16-22)17-29(30(35)36)34-31(37)39-19-27-25-10-4-2-8-23(25)24-9-3-5-11-26(24)27/h1-16,27,29H,17-19H2,(H,34,37)(H,35,36). The molecule has 5 rings (SSSR count). The molecule has 8 nitrogen and oxygen atoms in total. The summed E-state index contributed by atoms with van der Waals surface area (Å²) in [5.74, 6) is -1.10. The molecule has 1 amide bonds. The summed E-state index contributed by atoms with van der Waals surface area (Å²) in [5.41, 5.74) is 5.75. The van der Waals surface area contributed by atoms with E-state index >= 15 is 0 Å². The summed E-state index contributed by atoms with van der Waals surface area (Å²) in [5, 5.41) is 12.2. The molecule has 4 aromatic rings. The van der Waals surface area contributed by atoms with Crippen LogP contribution in [0.25, 0.3) is 11.1 Å². The van der Waals surface area contributed by atoms with Crippen LogP contribution in [0.2, 0.25) is 0 Å². The predicted octanol–water partition coefficient (Wildman–Crippen LogP) is 6.70. The van der Waals surface area contributed by atoms with Crippen LogP contribution in [0, 0.1) is 0 Å². The molecule has 0 aliphatic heterocycles. The average Bonchev–Trinajstić information content (AvgIpc) is 3.30. The van der Waals surface area contributed by atoms with Gasteiger partial charge >= 0.3 is 18.2 Å². The number of carbonyl (C=O) groups excluding carboxylic acids is 2. The third kappa shape index (κ3) is 6.75. The van der Waals surface area contributed by atoms with Gasteiger partial charge in [0, 0.05) is 22.4 Å². The smallest absolute Gasteiger partial charge is 0.480 e. The summed E-state index contributed by atoms with van der Waals surface area (Å²) >= 11 is 3.39. The van der Waals surface area contributed by atoms with Gasteiger partial charge in [-0.05, 0) is 46.0 Å². The second kappa shape index (κ2) is 12.7. The number of carboxylic acids is 1. The van der Waals surface area contributed by atoms with E-state index in [-0.39, 0.29) is 31.3 Å². The molecular weight excluding hydrogens is 590 g/mol. The second-order valence-electron chi connectivity index (χ2n) is 9.44. The number of nitrogens with one attached hydrogen (secondary N) is 1. The Balaban J connectivity index is 1.13. The first-order valence-corrected chi connectivity index (χ1v) is 13.7. The fourth-order valence-electron chi connectivity index (χ4n) is 4.79. The number of ether oxygens (including phenoxy) is 3. The summed E-state index contributed by atoms with van der Waals surface area (Å²) < 4.78 is 16.7. The van der Waals surface area contributed by atoms with Gasteiger partial charge in [-0.25, -0.2) is 14.4 Å². The van der Waals surface area contributed by atoms with Crippen LogP contribution in [0.4, 0.5) is 9.59 Å². The quantitative estimate of drug-likeness (QED) is 0.159. The van der Waals surface area contributed by atoms with Crippen molar-refractivity contribution in [1.29, 1.82) is 0 Å². The number of alkyl carbamates (subject to hydrolysis) is 1. The number of carbonyl (C=O) groups is 3. The van der Waals surface area contributed by atoms with Gasteiger partial charge in [0.1, 0.15) is 25.0 Å². The van der Waals surface area contributed by atoms with Crippen molar-refractivity contribution in [2.45, 2.75) is 25.0 Å². The fraction of sp³-hybridized carbons (Fsp3) is 0.156. The van der Waals surface area contributed by atoms with Crippen LogP contribution < -0.4 is 10.1 Å². The highest BCUT2D eigenvalue weighted by molar-refractivity contribution is 9.10. The molecule has 0 heterocycles. The van der Waals surface area contributed by atoms with Crippen molar-refractivity contribution in [2.24, 2.45) is 0 Å². The number of hydrogen-bond donors (Lipinski definition) is 2. The third-order valence-electron chi connectivity index (χ3n) is 6.80. The Labute approximate surface area is 245 Å². The van der Waals surface area contributed by atoms with E-state index in [4.69, 9.17) is 14.2 Å². The first-order valence-electron chi connectivity index (χ1n) is 12.9. The van der Waals surface area contributed by atoms with E-state index in [1.54, 1.807) is 12.1 Å². The molecule has 208 valence electrons. The summed E-state index contributed by atoms with van der Waals surface area (Å²) in [6.07, 6.45) is -1.67. The highest BCUT2D eigenvalue weighted by Gasteiger charge is 2.29. The number of hydrogen-bond acceptors (Lipinski definition) is 6. The van der Waals surface area contributed by atoms with Gasteiger partial charge in [-0.1, -0.05) is 94.8 Å². The molecule has 0 bridgehead atoms. The van der Waals surface area contributed by atoms with E-state index < -0.39 is 24.3 Å². The van der Waals surface area contributed by atoms with Crippen molar-refractivity contribution in [2.75, 3.05) is 6.61 Å². The molecule has 0 saturated carbocycles. The van der Waals surface area contributed by atoms with Crippen molar-refractivity contribution < 1.29 is 33.7 Å². The SMILES string of the molecule is O=C(NC(Cc1ccc(OC(=O)OCc2ccccc2Br)cc1)C(=O)O)OCC1c2ccccc2-c2ccccc21. The topological polar surface area (TPSA) is 111 Å². The minimum atomic E-state index is -1.22. The second-order valence-corrected chi connectivity index (χ2v) is 10.3. The monoisotopic (exact) mass is 615 g/mol. The van der Waals surface area contributed by atoms with E-state index in [9.17, 15) is 19.5 Å². The molecule has 0 spiro atoms. The van der Waals surface area contributed by atoms with E-state index in [0.29, 0.717) is 5.56 Å². The van der Waals surface area contributed by atoms with Crippen LogP contribution in [0.1, 0.15) is 28.2 Å². The van der Waals surface area contributed by atoms with E-state index in [1.165, 1.54) is 12.1 Å². The van der Waals surface area contributed by atoms with Gasteiger partial charge in [0.15, 0.2) is 0 Å². The van der Waals surface area contributed by atoms with Crippen LogP contribution in [-0.4, -0.2) is 36.0 Å². The fourth-order valence-corrected chi connectivity index (χ4v) is 5.19. The zero-order valence-electron chi connectivity index (χ0n) is 21.8. The number of halogens is 1. The lowest BCUT2D eigenvalue weighted by molar-refractivity contribution is -0.139. The lowest BCUT2D eigenvalue weighted by Gasteiger charge is -2.17. The molecule has 1 atom stereocenters. The lowest BCUT2D eigenvalue weighted by atomic mass is 9.98. The van der Waals surface area contributed by atoms with E-state index in [1.807, 2.05) is 72.8 Å². The molecule has 4 aromatic carbocycles. The maximum atomic E-state index is 12.6. The molecule has 9 heteroatoms. The van der Waals surface area contributed by atoms with Gasteiger partial charge in [0.25, 0.3) is 0 Å². The van der Waals surface area contributed by atoms with Crippen molar-refractivity contribution in [3.8, 4) is 16.9 Å². The van der Waals surface area contributed by atoms with Crippen molar-refractivity contribution in [3.63, 3.8) is 0 Å². The Morgan fingerprint density at radius 2 is 1.41 bits per heavy atom. The molecule has 0 radical (unpaired) electrons. The van der Waals surface area contributed by atoms with Crippen LogP contribution in [0.5, 0.6) is 5.75 Å². The number of carboxylic acid groups (broad SMARTS) is 1. The molecular formula is C32H26BrNO7. The molecule has 1 aliphatic carbocycles. The summed E-state index contributed by atoms with van der Waals surface area (Å²) in [6, 6.07) is 28.4. The molecule has 0 saturated heterocycles. The Kier molecular flexibility index (Phi) is 8.64. The minimum absolute atomic E-state index is 0.00624. The van der Waals surface area contributed by atoms with Crippen molar-refractivity contribution >= 4 is 34.1 Å². The van der Waals surface area contributed by atoms with E-state index in [0.717, 1.165) is 32.3 Å². The number of rotatable bonds is 9. The molecule has 1 aliphatic rings. The Morgan fingerprint density at radius 1 is 0.805 bits per heavy atom. The van der Waals surface area contributed by atoms with E-state index in [2.05, 4.69) is 21.2 Å². The molecule has 0 fully saturated rings. The normalized spacial score (nSPS) is 12.5. The Hall–Kier alpha value is -4.63. The Bertz CT molecular complexity index is 1530. The maximum Gasteiger partial charge on any atom is 0.514 e. The summed E-state index contributed by atoms with van der Waals surface area (Å²) in [6.45, 7) is 0.121. The van der Waals surface area contributed by atoms with Crippen molar-refractivity contribution in [3.05, 3.63) is 124 Å². The van der Waals surface area contributed by atoms with Crippen LogP contribution in [0.3, 0.4) is 0 Å². The lowest BCUT2D eigenvalue weighted by Crippen LogP contribution is -2.42. The van der Waals surface area contributed by atoms with Gasteiger partial charge in [-0.15, -0.1) is 0 Å².